The molecule has 2 aromatic rings. The smallest absolute Gasteiger partial charge is 0.265 e. The topological polar surface area (TPSA) is 61.9 Å². The number of fused-ring (bicyclic) bond motifs is 1. The van der Waals surface area contributed by atoms with E-state index < -0.39 is 6.10 Å². The molecule has 7 heteroatoms. The van der Waals surface area contributed by atoms with Gasteiger partial charge in [0.25, 0.3) is 5.91 Å². The van der Waals surface area contributed by atoms with Gasteiger partial charge in [-0.15, -0.1) is 0 Å². The Morgan fingerprint density at radius 2 is 1.86 bits per heavy atom. The number of carbonyl (C=O) groups excluding carboxylic acids is 2. The Bertz CT molecular complexity index is 898. The molecule has 1 saturated heterocycles. The van der Waals surface area contributed by atoms with Gasteiger partial charge in [-0.3, -0.25) is 9.59 Å². The zero-order valence-corrected chi connectivity index (χ0v) is 16.9. The molecule has 0 radical (unpaired) electrons. The minimum Gasteiger partial charge on any atom is -0.477 e. The van der Waals surface area contributed by atoms with Gasteiger partial charge in [0.15, 0.2) is 6.10 Å². The summed E-state index contributed by atoms with van der Waals surface area (Å²) in [5, 5.41) is 3.43. The SMILES string of the molecule is O=C(CN1C[C@H](C(=O)N2CCCCC2)Oc2ccccc21)Nc1cccc(Cl)c1. The molecule has 152 valence electrons. The van der Waals surface area contributed by atoms with Crippen molar-refractivity contribution >= 4 is 34.8 Å². The zero-order valence-electron chi connectivity index (χ0n) is 16.1. The lowest BCUT2D eigenvalue weighted by molar-refractivity contribution is -0.139. The molecule has 2 aromatic carbocycles. The average Bonchev–Trinajstić information content (AvgIpc) is 2.73. The molecule has 6 nitrogen and oxygen atoms in total. The fourth-order valence-electron chi connectivity index (χ4n) is 3.84. The molecule has 0 bridgehead atoms. The fraction of sp³-hybridized carbons (Fsp3) is 0.364. The van der Waals surface area contributed by atoms with Gasteiger partial charge in [0, 0.05) is 23.8 Å². The normalized spacial score (nSPS) is 18.6. The first-order chi connectivity index (χ1) is 14.1. The van der Waals surface area contributed by atoms with Crippen LogP contribution in [-0.2, 0) is 9.59 Å². The van der Waals surface area contributed by atoms with Crippen molar-refractivity contribution in [1.29, 1.82) is 0 Å². The third-order valence-corrected chi connectivity index (χ3v) is 5.48. The van der Waals surface area contributed by atoms with Crippen molar-refractivity contribution < 1.29 is 14.3 Å². The third-order valence-electron chi connectivity index (χ3n) is 5.25. The van der Waals surface area contributed by atoms with Crippen LogP contribution in [0.5, 0.6) is 5.75 Å². The maximum atomic E-state index is 13.0. The van der Waals surface area contributed by atoms with Gasteiger partial charge in [0.2, 0.25) is 5.91 Å². The van der Waals surface area contributed by atoms with E-state index in [0.717, 1.165) is 38.0 Å². The molecule has 2 aliphatic rings. The van der Waals surface area contributed by atoms with E-state index in [9.17, 15) is 9.59 Å². The summed E-state index contributed by atoms with van der Waals surface area (Å²) in [6, 6.07) is 14.6. The molecule has 1 atom stereocenters. The maximum Gasteiger partial charge on any atom is 0.265 e. The number of amides is 2. The summed E-state index contributed by atoms with van der Waals surface area (Å²) in [5.41, 5.74) is 1.46. The Labute approximate surface area is 175 Å². The molecule has 2 heterocycles. The van der Waals surface area contributed by atoms with Crippen LogP contribution in [0, 0.1) is 0 Å². The summed E-state index contributed by atoms with van der Waals surface area (Å²) in [5.74, 6) is 0.456. The van der Waals surface area contributed by atoms with Crippen molar-refractivity contribution in [3.63, 3.8) is 0 Å². The van der Waals surface area contributed by atoms with Crippen LogP contribution in [0.15, 0.2) is 48.5 Å². The van der Waals surface area contributed by atoms with Crippen LogP contribution in [0.1, 0.15) is 19.3 Å². The molecule has 1 N–H and O–H groups in total. The standard InChI is InChI=1S/C22H24ClN3O3/c23-16-7-6-8-17(13-16)24-21(27)15-26-14-20(22(28)25-11-4-1-5-12-25)29-19-10-3-2-9-18(19)26/h2-3,6-10,13,20H,1,4-5,11-12,14-15H2,(H,24,27)/t20-/m1/s1. The van der Waals surface area contributed by atoms with Gasteiger partial charge in [0.05, 0.1) is 18.8 Å². The summed E-state index contributed by atoms with van der Waals surface area (Å²) < 4.78 is 6.01. The molecule has 2 amide bonds. The van der Waals surface area contributed by atoms with E-state index in [1.165, 1.54) is 0 Å². The molecule has 0 spiro atoms. The van der Waals surface area contributed by atoms with Crippen molar-refractivity contribution in [3.05, 3.63) is 53.6 Å². The number of para-hydroxylation sites is 2. The Morgan fingerprint density at radius 3 is 2.66 bits per heavy atom. The quantitative estimate of drug-likeness (QED) is 0.832. The van der Waals surface area contributed by atoms with Crippen LogP contribution in [0.3, 0.4) is 0 Å². The second-order valence-electron chi connectivity index (χ2n) is 7.40. The number of nitrogens with one attached hydrogen (secondary N) is 1. The molecule has 1 fully saturated rings. The van der Waals surface area contributed by atoms with Gasteiger partial charge < -0.3 is 19.9 Å². The first-order valence-corrected chi connectivity index (χ1v) is 10.3. The summed E-state index contributed by atoms with van der Waals surface area (Å²) in [7, 11) is 0. The van der Waals surface area contributed by atoms with Gasteiger partial charge in [0.1, 0.15) is 5.75 Å². The fourth-order valence-corrected chi connectivity index (χ4v) is 4.03. The number of hydrogen-bond acceptors (Lipinski definition) is 4. The zero-order chi connectivity index (χ0) is 20.2. The highest BCUT2D eigenvalue weighted by molar-refractivity contribution is 6.30. The summed E-state index contributed by atoms with van der Waals surface area (Å²) in [6.07, 6.45) is 2.61. The van der Waals surface area contributed by atoms with Gasteiger partial charge in [-0.2, -0.15) is 0 Å². The van der Waals surface area contributed by atoms with Crippen molar-refractivity contribution in [3.8, 4) is 5.75 Å². The summed E-state index contributed by atoms with van der Waals surface area (Å²) in [6.45, 7) is 2.01. The largest absolute Gasteiger partial charge is 0.477 e. The number of rotatable bonds is 4. The first kappa shape index (κ1) is 19.6. The second kappa shape index (κ2) is 8.74. The molecule has 4 rings (SSSR count). The molecular weight excluding hydrogens is 390 g/mol. The number of nitrogens with zero attached hydrogens (tertiary/aromatic N) is 2. The van der Waals surface area contributed by atoms with E-state index in [4.69, 9.17) is 16.3 Å². The van der Waals surface area contributed by atoms with Crippen LogP contribution >= 0.6 is 11.6 Å². The molecule has 29 heavy (non-hydrogen) atoms. The maximum absolute atomic E-state index is 13.0. The molecule has 0 aromatic heterocycles. The van der Waals surface area contributed by atoms with E-state index in [-0.39, 0.29) is 18.4 Å². The predicted molar refractivity (Wildman–Crippen MR) is 114 cm³/mol. The highest BCUT2D eigenvalue weighted by Gasteiger charge is 2.34. The van der Waals surface area contributed by atoms with Gasteiger partial charge in [-0.05, 0) is 49.6 Å². The van der Waals surface area contributed by atoms with E-state index in [1.54, 1.807) is 24.3 Å². The minimum absolute atomic E-state index is 0.000507. The lowest BCUT2D eigenvalue weighted by Crippen LogP contribution is -2.52. The van der Waals surface area contributed by atoms with E-state index in [2.05, 4.69) is 5.32 Å². The highest BCUT2D eigenvalue weighted by atomic mass is 35.5. The Balaban J connectivity index is 1.48. The molecule has 2 aliphatic heterocycles. The van der Waals surface area contributed by atoms with Crippen LogP contribution in [-0.4, -0.2) is 49.0 Å². The molecule has 0 saturated carbocycles. The van der Waals surface area contributed by atoms with Crippen LogP contribution in [0.4, 0.5) is 11.4 Å². The monoisotopic (exact) mass is 413 g/mol. The molecular formula is C22H24ClN3O3. The number of anilines is 2. The van der Waals surface area contributed by atoms with Crippen molar-refractivity contribution in [2.45, 2.75) is 25.4 Å². The van der Waals surface area contributed by atoms with Crippen molar-refractivity contribution in [1.82, 2.24) is 4.90 Å². The Hall–Kier alpha value is -2.73. The number of ether oxygens (including phenoxy) is 1. The van der Waals surface area contributed by atoms with E-state index >= 15 is 0 Å². The average molecular weight is 414 g/mol. The first-order valence-electron chi connectivity index (χ1n) is 9.95. The lowest BCUT2D eigenvalue weighted by atomic mass is 10.1. The predicted octanol–water partition coefficient (Wildman–Crippen LogP) is 3.56. The minimum atomic E-state index is -0.609. The number of carbonyl (C=O) groups is 2. The number of hydrogen-bond donors (Lipinski definition) is 1. The Morgan fingerprint density at radius 1 is 1.07 bits per heavy atom. The lowest BCUT2D eigenvalue weighted by Gasteiger charge is -2.38. The van der Waals surface area contributed by atoms with Crippen molar-refractivity contribution in [2.24, 2.45) is 0 Å². The number of benzene rings is 2. The van der Waals surface area contributed by atoms with E-state index in [1.807, 2.05) is 34.1 Å². The Kier molecular flexibility index (Phi) is 5.90. The van der Waals surface area contributed by atoms with Crippen molar-refractivity contribution in [2.75, 3.05) is 36.4 Å². The van der Waals surface area contributed by atoms with Gasteiger partial charge in [-0.1, -0.05) is 29.8 Å². The number of piperidine rings is 1. The summed E-state index contributed by atoms with van der Waals surface area (Å²) >= 11 is 5.99. The van der Waals surface area contributed by atoms with Crippen LogP contribution in [0.25, 0.3) is 0 Å². The number of likely N-dealkylation sites (tertiary alicyclic amines) is 1. The third kappa shape index (κ3) is 4.65. The highest BCUT2D eigenvalue weighted by Crippen LogP contribution is 2.33. The van der Waals surface area contributed by atoms with Crippen LogP contribution in [0.2, 0.25) is 5.02 Å². The second-order valence-corrected chi connectivity index (χ2v) is 7.84. The molecule has 0 unspecified atom stereocenters. The van der Waals surface area contributed by atoms with Gasteiger partial charge in [-0.25, -0.2) is 0 Å². The van der Waals surface area contributed by atoms with Gasteiger partial charge >= 0.3 is 0 Å². The number of halogens is 1. The molecule has 0 aliphatic carbocycles. The summed E-state index contributed by atoms with van der Waals surface area (Å²) in [4.78, 5) is 29.4. The van der Waals surface area contributed by atoms with Crippen LogP contribution < -0.4 is 15.0 Å². The van der Waals surface area contributed by atoms with E-state index in [0.29, 0.717) is 23.0 Å².